The van der Waals surface area contributed by atoms with Crippen molar-refractivity contribution in [1.82, 2.24) is 19.7 Å². The molecule has 0 amide bonds. The number of nitrogens with two attached hydrogens (primary N) is 1. The van der Waals surface area contributed by atoms with Crippen LogP contribution < -0.4 is 11.1 Å². The Bertz CT molecular complexity index is 594. The van der Waals surface area contributed by atoms with Crippen molar-refractivity contribution in [2.45, 2.75) is 40.2 Å². The molecule has 19 heavy (non-hydrogen) atoms. The van der Waals surface area contributed by atoms with E-state index in [1.807, 2.05) is 19.9 Å². The SMILES string of the molecule is Cc1cc(C)n(-c2ncnc(NC(C)(C)C)c2N)n1. The van der Waals surface area contributed by atoms with Gasteiger partial charge in [0.05, 0.1) is 5.69 Å². The second-order valence-corrected chi connectivity index (χ2v) is 5.67. The molecule has 0 atom stereocenters. The van der Waals surface area contributed by atoms with Crippen LogP contribution in [-0.4, -0.2) is 25.3 Å². The summed E-state index contributed by atoms with van der Waals surface area (Å²) in [5, 5.41) is 7.67. The molecule has 0 aliphatic rings. The van der Waals surface area contributed by atoms with Crippen molar-refractivity contribution in [3.63, 3.8) is 0 Å². The van der Waals surface area contributed by atoms with Crippen LogP contribution in [0.2, 0.25) is 0 Å². The van der Waals surface area contributed by atoms with Gasteiger partial charge in [-0.25, -0.2) is 14.6 Å². The molecule has 102 valence electrons. The molecule has 0 saturated heterocycles. The topological polar surface area (TPSA) is 81.7 Å². The summed E-state index contributed by atoms with van der Waals surface area (Å²) in [4.78, 5) is 8.44. The van der Waals surface area contributed by atoms with Gasteiger partial charge in [0.1, 0.15) is 12.0 Å². The van der Waals surface area contributed by atoms with Crippen LogP contribution in [0.15, 0.2) is 12.4 Å². The number of nitrogens with one attached hydrogen (secondary N) is 1. The van der Waals surface area contributed by atoms with E-state index >= 15 is 0 Å². The summed E-state index contributed by atoms with van der Waals surface area (Å²) in [6.45, 7) is 10.1. The van der Waals surface area contributed by atoms with Crippen LogP contribution in [0, 0.1) is 13.8 Å². The Kier molecular flexibility index (Phi) is 3.18. The first-order chi connectivity index (χ1) is 8.78. The lowest BCUT2D eigenvalue weighted by molar-refractivity contribution is 0.630. The molecule has 0 aliphatic heterocycles. The summed E-state index contributed by atoms with van der Waals surface area (Å²) < 4.78 is 1.74. The lowest BCUT2D eigenvalue weighted by atomic mass is 10.1. The van der Waals surface area contributed by atoms with E-state index in [4.69, 9.17) is 5.73 Å². The van der Waals surface area contributed by atoms with E-state index in [-0.39, 0.29) is 5.54 Å². The van der Waals surface area contributed by atoms with Gasteiger partial charge in [0.2, 0.25) is 0 Å². The third-order valence-corrected chi connectivity index (χ3v) is 2.57. The average Bonchev–Trinajstić information content (AvgIpc) is 2.59. The second kappa shape index (κ2) is 4.53. The molecule has 2 rings (SSSR count). The molecular weight excluding hydrogens is 240 g/mol. The van der Waals surface area contributed by atoms with Crippen molar-refractivity contribution in [3.05, 3.63) is 23.8 Å². The zero-order valence-electron chi connectivity index (χ0n) is 12.0. The van der Waals surface area contributed by atoms with Crippen molar-refractivity contribution < 1.29 is 0 Å². The van der Waals surface area contributed by atoms with Gasteiger partial charge in [0.15, 0.2) is 11.6 Å². The maximum absolute atomic E-state index is 6.15. The van der Waals surface area contributed by atoms with Gasteiger partial charge in [-0.15, -0.1) is 0 Å². The Morgan fingerprint density at radius 3 is 2.42 bits per heavy atom. The molecule has 0 unspecified atom stereocenters. The van der Waals surface area contributed by atoms with Gasteiger partial charge < -0.3 is 11.1 Å². The summed E-state index contributed by atoms with van der Waals surface area (Å²) in [7, 11) is 0. The molecule has 3 N–H and O–H groups in total. The first-order valence-electron chi connectivity index (χ1n) is 6.20. The second-order valence-electron chi connectivity index (χ2n) is 5.67. The van der Waals surface area contributed by atoms with Crippen LogP contribution in [0.3, 0.4) is 0 Å². The highest BCUT2D eigenvalue weighted by atomic mass is 15.3. The summed E-state index contributed by atoms with van der Waals surface area (Å²) in [6.07, 6.45) is 1.50. The van der Waals surface area contributed by atoms with Crippen LogP contribution in [-0.2, 0) is 0 Å². The van der Waals surface area contributed by atoms with Gasteiger partial charge in [-0.05, 0) is 40.7 Å². The summed E-state index contributed by atoms with van der Waals surface area (Å²) in [5.74, 6) is 1.23. The predicted octanol–water partition coefficient (Wildman–Crippen LogP) is 2.07. The van der Waals surface area contributed by atoms with Crippen LogP contribution in [0.25, 0.3) is 5.82 Å². The van der Waals surface area contributed by atoms with Crippen molar-refractivity contribution >= 4 is 11.5 Å². The Labute approximate surface area is 113 Å². The van der Waals surface area contributed by atoms with Crippen molar-refractivity contribution in [1.29, 1.82) is 0 Å². The number of nitrogen functional groups attached to an aromatic ring is 1. The smallest absolute Gasteiger partial charge is 0.182 e. The number of hydrogen-bond acceptors (Lipinski definition) is 5. The number of nitrogens with zero attached hydrogens (tertiary/aromatic N) is 4. The molecule has 0 radical (unpaired) electrons. The number of rotatable bonds is 2. The molecule has 6 heteroatoms. The maximum Gasteiger partial charge on any atom is 0.182 e. The fourth-order valence-corrected chi connectivity index (χ4v) is 1.85. The highest BCUT2D eigenvalue weighted by molar-refractivity contribution is 5.69. The van der Waals surface area contributed by atoms with E-state index in [1.54, 1.807) is 4.68 Å². The molecule has 2 heterocycles. The molecule has 2 aromatic rings. The van der Waals surface area contributed by atoms with Crippen LogP contribution in [0.4, 0.5) is 11.5 Å². The fourth-order valence-electron chi connectivity index (χ4n) is 1.85. The Hall–Kier alpha value is -2.11. The third kappa shape index (κ3) is 2.83. The molecule has 0 bridgehead atoms. The quantitative estimate of drug-likeness (QED) is 0.863. The summed E-state index contributed by atoms with van der Waals surface area (Å²) in [5.41, 5.74) is 8.46. The number of hydrogen-bond donors (Lipinski definition) is 2. The molecule has 0 aliphatic carbocycles. The Morgan fingerprint density at radius 1 is 1.21 bits per heavy atom. The van der Waals surface area contributed by atoms with Gasteiger partial charge in [0.25, 0.3) is 0 Å². The lowest BCUT2D eigenvalue weighted by Gasteiger charge is -2.22. The third-order valence-electron chi connectivity index (χ3n) is 2.57. The van der Waals surface area contributed by atoms with E-state index in [9.17, 15) is 0 Å². The lowest BCUT2D eigenvalue weighted by Crippen LogP contribution is -2.27. The van der Waals surface area contributed by atoms with E-state index in [0.717, 1.165) is 11.4 Å². The van der Waals surface area contributed by atoms with E-state index in [2.05, 4.69) is 41.2 Å². The first-order valence-corrected chi connectivity index (χ1v) is 6.20. The molecule has 0 aromatic carbocycles. The minimum Gasteiger partial charge on any atom is -0.393 e. The zero-order chi connectivity index (χ0) is 14.2. The van der Waals surface area contributed by atoms with E-state index in [0.29, 0.717) is 17.3 Å². The minimum absolute atomic E-state index is 0.116. The maximum atomic E-state index is 6.15. The fraction of sp³-hybridized carbons (Fsp3) is 0.462. The Balaban J connectivity index is 2.48. The van der Waals surface area contributed by atoms with Gasteiger partial charge in [-0.3, -0.25) is 0 Å². The summed E-state index contributed by atoms with van der Waals surface area (Å²) >= 11 is 0. The highest BCUT2D eigenvalue weighted by Gasteiger charge is 2.17. The standard InChI is InChI=1S/C13H20N6/c1-8-6-9(2)19(18-8)12-10(14)11(15-7-16-12)17-13(3,4)5/h6-7H,14H2,1-5H3,(H,15,16,17). The van der Waals surface area contributed by atoms with Crippen molar-refractivity contribution in [3.8, 4) is 5.82 Å². The number of anilines is 2. The normalized spacial score (nSPS) is 11.6. The van der Waals surface area contributed by atoms with Gasteiger partial charge in [0, 0.05) is 11.2 Å². The van der Waals surface area contributed by atoms with Gasteiger partial charge in [-0.1, -0.05) is 0 Å². The van der Waals surface area contributed by atoms with Crippen molar-refractivity contribution in [2.75, 3.05) is 11.1 Å². The minimum atomic E-state index is -0.116. The molecule has 2 aromatic heterocycles. The molecule has 0 saturated carbocycles. The molecule has 0 spiro atoms. The van der Waals surface area contributed by atoms with E-state index in [1.165, 1.54) is 6.33 Å². The Morgan fingerprint density at radius 2 is 1.89 bits per heavy atom. The molecule has 6 nitrogen and oxygen atoms in total. The number of aromatic nitrogens is 4. The largest absolute Gasteiger partial charge is 0.393 e. The van der Waals surface area contributed by atoms with Crippen LogP contribution in [0.5, 0.6) is 0 Å². The average molecular weight is 260 g/mol. The van der Waals surface area contributed by atoms with Crippen LogP contribution in [0.1, 0.15) is 32.2 Å². The molecule has 0 fully saturated rings. The van der Waals surface area contributed by atoms with Gasteiger partial charge >= 0.3 is 0 Å². The van der Waals surface area contributed by atoms with Gasteiger partial charge in [-0.2, -0.15) is 5.10 Å². The van der Waals surface area contributed by atoms with E-state index < -0.39 is 0 Å². The zero-order valence-corrected chi connectivity index (χ0v) is 12.0. The monoisotopic (exact) mass is 260 g/mol. The van der Waals surface area contributed by atoms with Crippen LogP contribution >= 0.6 is 0 Å². The predicted molar refractivity (Wildman–Crippen MR) is 76.4 cm³/mol. The highest BCUT2D eigenvalue weighted by Crippen LogP contribution is 2.24. The first kappa shape index (κ1) is 13.3. The van der Waals surface area contributed by atoms with Crippen molar-refractivity contribution in [2.24, 2.45) is 0 Å². The molecular formula is C13H20N6. The summed E-state index contributed by atoms with van der Waals surface area (Å²) in [6, 6.07) is 1.98. The number of aryl methyl sites for hydroxylation is 2.